The molecular weight excluding hydrogens is 250 g/mol. The van der Waals surface area contributed by atoms with Crippen LogP contribution in [0.5, 0.6) is 0 Å². The number of amides is 1. The second-order valence-corrected chi connectivity index (χ2v) is 4.82. The van der Waals surface area contributed by atoms with Crippen LogP contribution >= 0.6 is 0 Å². The largest absolute Gasteiger partial charge is 0.324 e. The lowest BCUT2D eigenvalue weighted by Gasteiger charge is -2.11. The molecule has 0 aliphatic heterocycles. The molecule has 2 aromatic rings. The van der Waals surface area contributed by atoms with E-state index in [0.29, 0.717) is 18.7 Å². The van der Waals surface area contributed by atoms with Crippen molar-refractivity contribution >= 4 is 11.7 Å². The van der Waals surface area contributed by atoms with E-state index in [1.807, 2.05) is 49.4 Å². The molecule has 1 unspecified atom stereocenters. The van der Waals surface area contributed by atoms with E-state index in [0.717, 1.165) is 11.1 Å². The maximum atomic E-state index is 11.9. The van der Waals surface area contributed by atoms with E-state index in [2.05, 4.69) is 10.3 Å². The van der Waals surface area contributed by atoms with Crippen LogP contribution in [-0.2, 0) is 4.79 Å². The molecule has 0 fully saturated rings. The van der Waals surface area contributed by atoms with Crippen molar-refractivity contribution in [1.29, 1.82) is 0 Å². The van der Waals surface area contributed by atoms with E-state index >= 15 is 0 Å². The van der Waals surface area contributed by atoms with Crippen LogP contribution in [0.3, 0.4) is 0 Å². The lowest BCUT2D eigenvalue weighted by atomic mass is 10.0. The standard InChI is InChI=1S/C16H19N3O/c1-12-9-10-18-15(11-12)19-16(20)8-7-14(17)13-5-3-2-4-6-13/h2-6,9-11,14H,7-8,17H2,1H3,(H,18,19,20). The van der Waals surface area contributed by atoms with Gasteiger partial charge < -0.3 is 11.1 Å². The average Bonchev–Trinajstić information content (AvgIpc) is 2.46. The third-order valence-electron chi connectivity index (χ3n) is 3.09. The smallest absolute Gasteiger partial charge is 0.225 e. The van der Waals surface area contributed by atoms with Crippen LogP contribution in [0.15, 0.2) is 48.7 Å². The number of benzene rings is 1. The van der Waals surface area contributed by atoms with Crippen molar-refractivity contribution < 1.29 is 4.79 Å². The zero-order chi connectivity index (χ0) is 14.4. The third-order valence-corrected chi connectivity index (χ3v) is 3.09. The summed E-state index contributed by atoms with van der Waals surface area (Å²) in [6.07, 6.45) is 2.67. The van der Waals surface area contributed by atoms with Gasteiger partial charge in [-0.1, -0.05) is 30.3 Å². The highest BCUT2D eigenvalue weighted by Crippen LogP contribution is 2.15. The number of nitrogens with one attached hydrogen (secondary N) is 1. The number of pyridine rings is 1. The third kappa shape index (κ3) is 4.17. The molecule has 0 spiro atoms. The summed E-state index contributed by atoms with van der Waals surface area (Å²) in [5.41, 5.74) is 8.18. The molecule has 104 valence electrons. The number of nitrogens with two attached hydrogens (primary N) is 1. The minimum absolute atomic E-state index is 0.0607. The summed E-state index contributed by atoms with van der Waals surface area (Å²) < 4.78 is 0. The summed E-state index contributed by atoms with van der Waals surface area (Å²) in [5, 5.41) is 2.78. The van der Waals surface area contributed by atoms with Crippen LogP contribution < -0.4 is 11.1 Å². The number of carbonyl (C=O) groups is 1. The maximum absolute atomic E-state index is 11.9. The second-order valence-electron chi connectivity index (χ2n) is 4.82. The van der Waals surface area contributed by atoms with E-state index in [1.165, 1.54) is 0 Å². The van der Waals surface area contributed by atoms with Gasteiger partial charge in [0.25, 0.3) is 0 Å². The first kappa shape index (κ1) is 14.2. The number of nitrogens with zero attached hydrogens (tertiary/aromatic N) is 1. The molecule has 1 amide bonds. The molecule has 1 heterocycles. The average molecular weight is 269 g/mol. The fraction of sp³-hybridized carbons (Fsp3) is 0.250. The molecule has 4 nitrogen and oxygen atoms in total. The van der Waals surface area contributed by atoms with Gasteiger partial charge in [0.05, 0.1) is 0 Å². The van der Waals surface area contributed by atoms with Crippen molar-refractivity contribution in [2.24, 2.45) is 5.73 Å². The molecule has 0 aliphatic carbocycles. The minimum atomic E-state index is -0.118. The molecule has 2 rings (SSSR count). The number of hydrogen-bond acceptors (Lipinski definition) is 3. The Hall–Kier alpha value is -2.20. The number of hydrogen-bond donors (Lipinski definition) is 2. The predicted octanol–water partition coefficient (Wildman–Crippen LogP) is 2.81. The molecule has 0 radical (unpaired) electrons. The van der Waals surface area contributed by atoms with E-state index in [-0.39, 0.29) is 11.9 Å². The van der Waals surface area contributed by atoms with Crippen LogP contribution in [0.4, 0.5) is 5.82 Å². The highest BCUT2D eigenvalue weighted by Gasteiger charge is 2.09. The molecule has 0 saturated heterocycles. The van der Waals surface area contributed by atoms with Crippen LogP contribution in [0, 0.1) is 6.92 Å². The fourth-order valence-electron chi connectivity index (χ4n) is 1.96. The molecular formula is C16H19N3O. The molecule has 3 N–H and O–H groups in total. The highest BCUT2D eigenvalue weighted by molar-refractivity contribution is 5.89. The summed E-state index contributed by atoms with van der Waals surface area (Å²) in [4.78, 5) is 16.0. The molecule has 0 aliphatic rings. The van der Waals surface area contributed by atoms with Crippen LogP contribution in [0.25, 0.3) is 0 Å². The van der Waals surface area contributed by atoms with Crippen molar-refractivity contribution in [1.82, 2.24) is 4.98 Å². The molecule has 1 aromatic heterocycles. The van der Waals surface area contributed by atoms with Crippen molar-refractivity contribution in [3.8, 4) is 0 Å². The first-order chi connectivity index (χ1) is 9.65. The zero-order valence-electron chi connectivity index (χ0n) is 11.5. The number of anilines is 1. The Morgan fingerprint density at radius 2 is 2.05 bits per heavy atom. The van der Waals surface area contributed by atoms with Gasteiger partial charge in [0.1, 0.15) is 5.82 Å². The van der Waals surface area contributed by atoms with Crippen molar-refractivity contribution in [3.05, 3.63) is 59.8 Å². The first-order valence-electron chi connectivity index (χ1n) is 6.68. The van der Waals surface area contributed by atoms with Gasteiger partial charge in [-0.15, -0.1) is 0 Å². The summed E-state index contributed by atoms with van der Waals surface area (Å²) in [7, 11) is 0. The van der Waals surface area contributed by atoms with E-state index in [4.69, 9.17) is 5.73 Å². The van der Waals surface area contributed by atoms with Gasteiger partial charge in [-0.05, 0) is 36.6 Å². The highest BCUT2D eigenvalue weighted by atomic mass is 16.1. The van der Waals surface area contributed by atoms with Gasteiger partial charge in [-0.3, -0.25) is 4.79 Å². The summed E-state index contributed by atoms with van der Waals surface area (Å²) in [6, 6.07) is 13.4. The fourth-order valence-corrected chi connectivity index (χ4v) is 1.96. The number of aromatic nitrogens is 1. The molecule has 4 heteroatoms. The Labute approximate surface area is 119 Å². The van der Waals surface area contributed by atoms with Crippen molar-refractivity contribution in [3.63, 3.8) is 0 Å². The predicted molar refractivity (Wildman–Crippen MR) is 80.2 cm³/mol. The van der Waals surface area contributed by atoms with Crippen molar-refractivity contribution in [2.75, 3.05) is 5.32 Å². The minimum Gasteiger partial charge on any atom is -0.324 e. The van der Waals surface area contributed by atoms with E-state index in [9.17, 15) is 4.79 Å². The Kier molecular flexibility index (Phi) is 4.85. The van der Waals surface area contributed by atoms with Gasteiger partial charge in [0, 0.05) is 18.7 Å². The monoisotopic (exact) mass is 269 g/mol. The lowest BCUT2D eigenvalue weighted by molar-refractivity contribution is -0.116. The topological polar surface area (TPSA) is 68.0 Å². The number of carbonyl (C=O) groups excluding carboxylic acids is 1. The van der Waals surface area contributed by atoms with Gasteiger partial charge in [0.2, 0.25) is 5.91 Å². The number of rotatable bonds is 5. The Morgan fingerprint density at radius 1 is 1.30 bits per heavy atom. The van der Waals surface area contributed by atoms with Crippen LogP contribution in [-0.4, -0.2) is 10.9 Å². The van der Waals surface area contributed by atoms with Crippen molar-refractivity contribution in [2.45, 2.75) is 25.8 Å². The second kappa shape index (κ2) is 6.82. The molecule has 0 bridgehead atoms. The Morgan fingerprint density at radius 3 is 2.75 bits per heavy atom. The maximum Gasteiger partial charge on any atom is 0.225 e. The van der Waals surface area contributed by atoms with Gasteiger partial charge in [-0.2, -0.15) is 0 Å². The van der Waals surface area contributed by atoms with Crippen LogP contribution in [0.1, 0.15) is 30.0 Å². The van der Waals surface area contributed by atoms with E-state index in [1.54, 1.807) is 6.20 Å². The SMILES string of the molecule is Cc1ccnc(NC(=O)CCC(N)c2ccccc2)c1. The number of aryl methyl sites for hydroxylation is 1. The van der Waals surface area contributed by atoms with Gasteiger partial charge >= 0.3 is 0 Å². The quantitative estimate of drug-likeness (QED) is 0.877. The summed E-state index contributed by atoms with van der Waals surface area (Å²) in [6.45, 7) is 1.96. The zero-order valence-corrected chi connectivity index (χ0v) is 11.5. The van der Waals surface area contributed by atoms with Gasteiger partial charge in [0.15, 0.2) is 0 Å². The van der Waals surface area contributed by atoms with Crippen LogP contribution in [0.2, 0.25) is 0 Å². The lowest BCUT2D eigenvalue weighted by Crippen LogP contribution is -2.17. The van der Waals surface area contributed by atoms with Gasteiger partial charge in [-0.25, -0.2) is 4.98 Å². The first-order valence-corrected chi connectivity index (χ1v) is 6.68. The Bertz CT molecular complexity index is 569. The summed E-state index contributed by atoms with van der Waals surface area (Å²) >= 11 is 0. The summed E-state index contributed by atoms with van der Waals surface area (Å²) in [5.74, 6) is 0.526. The van der Waals surface area contributed by atoms with E-state index < -0.39 is 0 Å². The molecule has 1 atom stereocenters. The normalized spacial score (nSPS) is 11.9. The molecule has 20 heavy (non-hydrogen) atoms. The molecule has 1 aromatic carbocycles. The Balaban J connectivity index is 1.83. The molecule has 0 saturated carbocycles.